The van der Waals surface area contributed by atoms with E-state index in [1.165, 1.54) is 40.6 Å². The van der Waals surface area contributed by atoms with E-state index >= 15 is 0 Å². The van der Waals surface area contributed by atoms with Crippen molar-refractivity contribution in [3.8, 4) is 0 Å². The molecule has 1 N–H and O–H groups in total. The Kier molecular flexibility index (Phi) is 8.80. The van der Waals surface area contributed by atoms with E-state index in [4.69, 9.17) is 0 Å². The van der Waals surface area contributed by atoms with E-state index in [0.717, 1.165) is 19.6 Å². The third-order valence-corrected chi connectivity index (χ3v) is 8.88. The molecule has 1 unspecified atom stereocenters. The number of ketones is 1. The van der Waals surface area contributed by atoms with Crippen molar-refractivity contribution < 1.29 is 13.2 Å². The summed E-state index contributed by atoms with van der Waals surface area (Å²) in [6.45, 7) is 7.63. The van der Waals surface area contributed by atoms with Gasteiger partial charge in [-0.3, -0.25) is 9.69 Å². The fourth-order valence-corrected chi connectivity index (χ4v) is 6.39. The van der Waals surface area contributed by atoms with Gasteiger partial charge in [-0.2, -0.15) is 4.31 Å². The quantitative estimate of drug-likeness (QED) is 0.514. The van der Waals surface area contributed by atoms with Crippen LogP contribution in [0, 0.1) is 0 Å². The van der Waals surface area contributed by atoms with Gasteiger partial charge >= 0.3 is 0 Å². The van der Waals surface area contributed by atoms with Crippen LogP contribution in [0.3, 0.4) is 0 Å². The molecule has 170 valence electrons. The maximum Gasteiger partial charge on any atom is 0.243 e. The second-order valence-corrected chi connectivity index (χ2v) is 10.7. The Morgan fingerprint density at radius 3 is 2.35 bits per heavy atom. The number of hydrogen-bond acceptors (Lipinski definition) is 6. The van der Waals surface area contributed by atoms with E-state index in [1.807, 2.05) is 13.8 Å². The monoisotopic (exact) mass is 463 g/mol. The summed E-state index contributed by atoms with van der Waals surface area (Å²) in [5.41, 5.74) is 0.525. The van der Waals surface area contributed by atoms with Crippen molar-refractivity contribution in [3.63, 3.8) is 0 Å². The van der Waals surface area contributed by atoms with Crippen molar-refractivity contribution in [1.82, 2.24) is 14.5 Å². The van der Waals surface area contributed by atoms with Gasteiger partial charge in [0.15, 0.2) is 5.78 Å². The number of likely N-dealkylation sites (tertiary alicyclic amines) is 1. The van der Waals surface area contributed by atoms with Crippen LogP contribution >= 0.6 is 11.3 Å². The Balaban J connectivity index is 1.59. The highest BCUT2D eigenvalue weighted by Crippen LogP contribution is 2.27. The molecule has 8 heteroatoms. The molecule has 0 spiro atoms. The van der Waals surface area contributed by atoms with Gasteiger partial charge in [-0.25, -0.2) is 8.42 Å². The van der Waals surface area contributed by atoms with Crippen LogP contribution in [-0.2, 0) is 10.0 Å². The first kappa shape index (κ1) is 24.1. The third-order valence-electron chi connectivity index (χ3n) is 5.85. The highest BCUT2D eigenvalue weighted by Gasteiger charge is 2.24. The van der Waals surface area contributed by atoms with E-state index < -0.39 is 10.0 Å². The fraction of sp³-hybridized carbons (Fsp3) is 0.522. The van der Waals surface area contributed by atoms with E-state index in [9.17, 15) is 13.2 Å². The van der Waals surface area contributed by atoms with Gasteiger partial charge in [-0.05, 0) is 49.5 Å². The first-order valence-electron chi connectivity index (χ1n) is 11.1. The Morgan fingerprint density at radius 2 is 1.77 bits per heavy atom. The Morgan fingerprint density at radius 1 is 1.10 bits per heavy atom. The lowest BCUT2D eigenvalue weighted by Gasteiger charge is -2.34. The van der Waals surface area contributed by atoms with E-state index in [2.05, 4.69) is 27.7 Å². The van der Waals surface area contributed by atoms with Gasteiger partial charge in [-0.15, -0.1) is 11.3 Å². The van der Waals surface area contributed by atoms with E-state index in [0.29, 0.717) is 18.7 Å². The maximum atomic E-state index is 12.7. The van der Waals surface area contributed by atoms with Gasteiger partial charge in [0.05, 0.1) is 17.5 Å². The second kappa shape index (κ2) is 11.3. The van der Waals surface area contributed by atoms with Crippen molar-refractivity contribution in [1.29, 1.82) is 0 Å². The summed E-state index contributed by atoms with van der Waals surface area (Å²) in [4.78, 5) is 16.7. The van der Waals surface area contributed by atoms with Crippen LogP contribution in [0.2, 0.25) is 0 Å². The first-order valence-corrected chi connectivity index (χ1v) is 13.4. The number of benzene rings is 1. The molecule has 1 saturated heterocycles. The summed E-state index contributed by atoms with van der Waals surface area (Å²) in [6.07, 6.45) is 3.74. The molecule has 3 rings (SSSR count). The number of carbonyl (C=O) groups is 1. The fourth-order valence-electron chi connectivity index (χ4n) is 4.07. The molecule has 2 heterocycles. The normalized spacial score (nSPS) is 16.5. The predicted molar refractivity (Wildman–Crippen MR) is 126 cm³/mol. The summed E-state index contributed by atoms with van der Waals surface area (Å²) in [7, 11) is -3.51. The lowest BCUT2D eigenvalue weighted by atomic mass is 10.1. The molecule has 1 aromatic carbocycles. The second-order valence-electron chi connectivity index (χ2n) is 7.80. The average molecular weight is 464 g/mol. The van der Waals surface area contributed by atoms with Crippen molar-refractivity contribution >= 4 is 27.1 Å². The Bertz CT molecular complexity index is 917. The van der Waals surface area contributed by atoms with Crippen molar-refractivity contribution in [3.05, 3.63) is 52.2 Å². The highest BCUT2D eigenvalue weighted by molar-refractivity contribution is 7.89. The molecule has 2 aromatic rings. The number of hydrogen-bond donors (Lipinski definition) is 1. The van der Waals surface area contributed by atoms with Crippen LogP contribution in [0.15, 0.2) is 46.7 Å². The highest BCUT2D eigenvalue weighted by atomic mass is 32.2. The Hall–Kier alpha value is -1.58. The molecule has 0 amide bonds. The van der Waals surface area contributed by atoms with Crippen LogP contribution in [0.4, 0.5) is 0 Å². The molecule has 0 saturated carbocycles. The number of Topliss-reactive ketones (excluding diaryl/α,β-unsaturated/α-hetero) is 1. The van der Waals surface area contributed by atoms with Crippen molar-refractivity contribution in [2.45, 2.75) is 44.0 Å². The molecule has 6 nitrogen and oxygen atoms in total. The van der Waals surface area contributed by atoms with Crippen molar-refractivity contribution in [2.75, 3.05) is 39.3 Å². The molecule has 1 atom stereocenters. The summed E-state index contributed by atoms with van der Waals surface area (Å²) in [5.74, 6) is -0.0321. The topological polar surface area (TPSA) is 69.7 Å². The molecule has 1 aliphatic heterocycles. The van der Waals surface area contributed by atoms with Gasteiger partial charge in [0.25, 0.3) is 0 Å². The first-order chi connectivity index (χ1) is 15.0. The van der Waals surface area contributed by atoms with Gasteiger partial charge in [0.1, 0.15) is 0 Å². The zero-order valence-electron chi connectivity index (χ0n) is 18.4. The number of nitrogens with zero attached hydrogens (tertiary/aromatic N) is 2. The molecule has 31 heavy (non-hydrogen) atoms. The largest absolute Gasteiger partial charge is 0.308 e. The molecule has 0 aliphatic carbocycles. The SMILES string of the molecule is CCN(CC)S(=O)(=O)c1ccc(C(=O)CNCC(c2cccs2)N2CCCCC2)cc1. The number of sulfonamides is 1. The maximum absolute atomic E-state index is 12.7. The molecular weight excluding hydrogens is 430 g/mol. The standard InChI is InChI=1S/C23H33N3O3S2/c1-3-26(4-2)31(28,29)20-12-10-19(11-13-20)22(27)18-24-17-21(23-9-8-16-30-23)25-14-6-5-7-15-25/h8-13,16,21,24H,3-7,14-15,17-18H2,1-2H3. The predicted octanol–water partition coefficient (Wildman–Crippen LogP) is 3.78. The Labute approximate surface area is 190 Å². The van der Waals surface area contributed by atoms with E-state index in [1.54, 1.807) is 23.5 Å². The molecule has 0 radical (unpaired) electrons. The minimum atomic E-state index is -3.51. The lowest BCUT2D eigenvalue weighted by Crippen LogP contribution is -2.39. The molecule has 1 aromatic heterocycles. The number of carbonyl (C=O) groups excluding carboxylic acids is 1. The minimum Gasteiger partial charge on any atom is -0.308 e. The third kappa shape index (κ3) is 6.02. The van der Waals surface area contributed by atoms with Crippen molar-refractivity contribution in [2.24, 2.45) is 0 Å². The van der Waals surface area contributed by atoms with Gasteiger partial charge in [0.2, 0.25) is 10.0 Å². The van der Waals surface area contributed by atoms with Gasteiger partial charge < -0.3 is 5.32 Å². The molecule has 1 aliphatic rings. The molecule has 1 fully saturated rings. The average Bonchev–Trinajstić information content (AvgIpc) is 3.32. The van der Waals surface area contributed by atoms with E-state index in [-0.39, 0.29) is 23.3 Å². The summed E-state index contributed by atoms with van der Waals surface area (Å²) >= 11 is 1.76. The zero-order valence-corrected chi connectivity index (χ0v) is 20.1. The summed E-state index contributed by atoms with van der Waals surface area (Å²) < 4.78 is 26.6. The smallest absolute Gasteiger partial charge is 0.243 e. The van der Waals surface area contributed by atoms with Gasteiger partial charge in [0, 0.05) is 30.1 Å². The zero-order chi connectivity index (χ0) is 22.3. The lowest BCUT2D eigenvalue weighted by molar-refractivity contribution is 0.0984. The molecule has 0 bridgehead atoms. The van der Waals surface area contributed by atoms with Crippen LogP contribution in [0.25, 0.3) is 0 Å². The van der Waals surface area contributed by atoms with Crippen LogP contribution in [0.5, 0.6) is 0 Å². The summed E-state index contributed by atoms with van der Waals surface area (Å²) in [5, 5.41) is 5.44. The van der Waals surface area contributed by atoms with Crippen LogP contribution in [-0.4, -0.2) is 62.7 Å². The summed E-state index contributed by atoms with van der Waals surface area (Å²) in [6, 6.07) is 10.8. The number of rotatable bonds is 11. The number of thiophene rings is 1. The molecular formula is C23H33N3O3S2. The number of piperidine rings is 1. The minimum absolute atomic E-state index is 0.0321. The number of nitrogens with one attached hydrogen (secondary N) is 1. The van der Waals surface area contributed by atoms with Gasteiger partial charge in [-0.1, -0.05) is 38.5 Å². The van der Waals surface area contributed by atoms with Crippen LogP contribution < -0.4 is 5.32 Å². The van der Waals surface area contributed by atoms with Crippen LogP contribution in [0.1, 0.15) is 54.4 Å².